The van der Waals surface area contributed by atoms with Crippen molar-refractivity contribution in [2.24, 2.45) is 0 Å². The van der Waals surface area contributed by atoms with E-state index in [-0.39, 0.29) is 23.8 Å². The van der Waals surface area contributed by atoms with E-state index >= 15 is 0 Å². The van der Waals surface area contributed by atoms with Crippen molar-refractivity contribution < 1.29 is 22.7 Å². The second-order valence-electron chi connectivity index (χ2n) is 6.67. The van der Waals surface area contributed by atoms with Gasteiger partial charge in [-0.15, -0.1) is 0 Å². The summed E-state index contributed by atoms with van der Waals surface area (Å²) in [5.74, 6) is 0.687. The van der Waals surface area contributed by atoms with Crippen LogP contribution in [0, 0.1) is 13.8 Å². The van der Waals surface area contributed by atoms with Gasteiger partial charge in [-0.1, -0.05) is 12.1 Å². The largest absolute Gasteiger partial charge is 0.490 e. The van der Waals surface area contributed by atoms with Gasteiger partial charge in [0, 0.05) is 31.1 Å². The maximum Gasteiger partial charge on any atom is 0.240 e. The number of nitrogens with one attached hydrogen (secondary N) is 2. The monoisotopic (exact) mass is 404 g/mol. The van der Waals surface area contributed by atoms with Gasteiger partial charge in [0.25, 0.3) is 0 Å². The van der Waals surface area contributed by atoms with Crippen molar-refractivity contribution >= 4 is 21.6 Å². The summed E-state index contributed by atoms with van der Waals surface area (Å²) in [5, 5.41) is 2.81. The number of fused-ring (bicyclic) bond motifs is 1. The quantitative estimate of drug-likeness (QED) is 0.772. The van der Waals surface area contributed by atoms with Crippen molar-refractivity contribution in [1.82, 2.24) is 4.72 Å². The second kappa shape index (κ2) is 8.62. The Labute approximate surface area is 165 Å². The Morgan fingerprint density at radius 2 is 1.79 bits per heavy atom. The molecule has 0 unspecified atom stereocenters. The summed E-state index contributed by atoms with van der Waals surface area (Å²) in [6, 6.07) is 10.3. The number of rotatable bonds is 6. The number of amides is 1. The maximum atomic E-state index is 12.5. The summed E-state index contributed by atoms with van der Waals surface area (Å²) in [6.07, 6.45) is 0.766. The molecule has 0 atom stereocenters. The van der Waals surface area contributed by atoms with Crippen LogP contribution in [0.5, 0.6) is 11.5 Å². The summed E-state index contributed by atoms with van der Waals surface area (Å²) in [4.78, 5) is 12.2. The van der Waals surface area contributed by atoms with E-state index < -0.39 is 10.0 Å². The van der Waals surface area contributed by atoms with Crippen LogP contribution in [0.25, 0.3) is 0 Å². The Kier molecular flexibility index (Phi) is 6.21. The molecule has 150 valence electrons. The molecule has 0 saturated carbocycles. The third kappa shape index (κ3) is 5.02. The Morgan fingerprint density at radius 1 is 1.04 bits per heavy atom. The highest BCUT2D eigenvalue weighted by molar-refractivity contribution is 7.89. The summed E-state index contributed by atoms with van der Waals surface area (Å²) in [5.41, 5.74) is 2.72. The molecule has 0 bridgehead atoms. The number of hydrogen-bond donors (Lipinski definition) is 2. The van der Waals surface area contributed by atoms with Gasteiger partial charge in [-0.3, -0.25) is 4.79 Å². The minimum absolute atomic E-state index is 0.00648. The van der Waals surface area contributed by atoms with Crippen LogP contribution in [0.4, 0.5) is 5.69 Å². The molecule has 2 aromatic rings. The molecule has 1 aliphatic heterocycles. The van der Waals surface area contributed by atoms with Crippen LogP contribution in [-0.4, -0.2) is 34.1 Å². The third-order valence-corrected chi connectivity index (χ3v) is 5.80. The molecule has 2 N–H and O–H groups in total. The molecule has 8 heteroatoms. The lowest BCUT2D eigenvalue weighted by atomic mass is 10.1. The normalized spacial score (nSPS) is 13.6. The van der Waals surface area contributed by atoms with Crippen molar-refractivity contribution in [3.05, 3.63) is 47.5 Å². The molecule has 0 aromatic heterocycles. The van der Waals surface area contributed by atoms with Crippen LogP contribution in [0.2, 0.25) is 0 Å². The van der Waals surface area contributed by atoms with E-state index in [4.69, 9.17) is 9.47 Å². The van der Waals surface area contributed by atoms with Gasteiger partial charge < -0.3 is 14.8 Å². The van der Waals surface area contributed by atoms with E-state index in [0.29, 0.717) is 24.7 Å². The molecule has 0 spiro atoms. The Balaban J connectivity index is 1.58. The van der Waals surface area contributed by atoms with E-state index in [1.165, 1.54) is 12.1 Å². The van der Waals surface area contributed by atoms with Crippen molar-refractivity contribution in [3.63, 3.8) is 0 Å². The second-order valence-corrected chi connectivity index (χ2v) is 8.44. The summed E-state index contributed by atoms with van der Waals surface area (Å²) in [6.45, 7) is 4.85. The molecule has 3 rings (SSSR count). The Hall–Kier alpha value is -2.58. The summed E-state index contributed by atoms with van der Waals surface area (Å²) >= 11 is 0. The van der Waals surface area contributed by atoms with Crippen LogP contribution in [-0.2, 0) is 14.8 Å². The van der Waals surface area contributed by atoms with E-state index in [2.05, 4.69) is 10.0 Å². The number of hydrogen-bond acceptors (Lipinski definition) is 5. The number of carbonyl (C=O) groups is 1. The van der Waals surface area contributed by atoms with Crippen LogP contribution < -0.4 is 19.5 Å². The smallest absolute Gasteiger partial charge is 0.240 e. The van der Waals surface area contributed by atoms with E-state index in [0.717, 1.165) is 23.2 Å². The lowest BCUT2D eigenvalue weighted by Crippen LogP contribution is -2.28. The van der Waals surface area contributed by atoms with E-state index in [1.807, 2.05) is 32.0 Å². The number of anilines is 1. The van der Waals surface area contributed by atoms with Crippen LogP contribution in [0.1, 0.15) is 24.0 Å². The summed E-state index contributed by atoms with van der Waals surface area (Å²) in [7, 11) is -3.75. The van der Waals surface area contributed by atoms with Crippen molar-refractivity contribution in [3.8, 4) is 11.5 Å². The number of carbonyl (C=O) groups excluding carboxylic acids is 1. The minimum Gasteiger partial charge on any atom is -0.490 e. The van der Waals surface area contributed by atoms with Crippen molar-refractivity contribution in [2.75, 3.05) is 25.1 Å². The highest BCUT2D eigenvalue weighted by Gasteiger charge is 2.19. The van der Waals surface area contributed by atoms with Gasteiger partial charge in [-0.05, 0) is 43.2 Å². The van der Waals surface area contributed by atoms with Gasteiger partial charge >= 0.3 is 0 Å². The van der Waals surface area contributed by atoms with Gasteiger partial charge in [-0.2, -0.15) is 0 Å². The molecule has 2 aromatic carbocycles. The fourth-order valence-electron chi connectivity index (χ4n) is 2.78. The fraction of sp³-hybridized carbons (Fsp3) is 0.350. The van der Waals surface area contributed by atoms with Crippen LogP contribution in [0.15, 0.2) is 41.3 Å². The minimum atomic E-state index is -3.75. The predicted octanol–water partition coefficient (Wildman–Crippen LogP) is 2.77. The van der Waals surface area contributed by atoms with Gasteiger partial charge in [0.15, 0.2) is 11.5 Å². The number of benzene rings is 2. The number of ether oxygens (including phenoxy) is 2. The lowest BCUT2D eigenvalue weighted by Gasteiger charge is -2.12. The predicted molar refractivity (Wildman–Crippen MR) is 106 cm³/mol. The van der Waals surface area contributed by atoms with Gasteiger partial charge in [0.1, 0.15) is 0 Å². The standard InChI is InChI=1S/C20H24N2O5S/c1-14-4-5-15(2)17(12-14)22-20(23)8-9-21-28(24,25)16-6-7-18-19(13-16)27-11-3-10-26-18/h4-7,12-13,21H,3,8-11H2,1-2H3,(H,22,23). The van der Waals surface area contributed by atoms with E-state index in [9.17, 15) is 13.2 Å². The van der Waals surface area contributed by atoms with Crippen LogP contribution >= 0.6 is 0 Å². The number of sulfonamides is 1. The van der Waals surface area contributed by atoms with E-state index in [1.54, 1.807) is 6.07 Å². The Bertz CT molecular complexity index is 973. The lowest BCUT2D eigenvalue weighted by molar-refractivity contribution is -0.116. The van der Waals surface area contributed by atoms with Crippen molar-refractivity contribution in [2.45, 2.75) is 31.6 Å². The highest BCUT2D eigenvalue weighted by atomic mass is 32.2. The molecule has 28 heavy (non-hydrogen) atoms. The summed E-state index contributed by atoms with van der Waals surface area (Å²) < 4.78 is 38.5. The molecule has 0 aliphatic carbocycles. The zero-order valence-corrected chi connectivity index (χ0v) is 16.8. The fourth-order valence-corrected chi connectivity index (χ4v) is 3.82. The van der Waals surface area contributed by atoms with Gasteiger partial charge in [0.2, 0.25) is 15.9 Å². The first kappa shape index (κ1) is 20.2. The molecule has 0 fully saturated rings. The first-order valence-corrected chi connectivity index (χ1v) is 10.6. The molecule has 0 radical (unpaired) electrons. The maximum absolute atomic E-state index is 12.5. The number of aryl methyl sites for hydroxylation is 2. The average Bonchev–Trinajstić information content (AvgIpc) is 2.89. The highest BCUT2D eigenvalue weighted by Crippen LogP contribution is 2.31. The molecule has 1 amide bonds. The first-order chi connectivity index (χ1) is 13.3. The van der Waals surface area contributed by atoms with Gasteiger partial charge in [-0.25, -0.2) is 13.1 Å². The SMILES string of the molecule is Cc1ccc(C)c(NC(=O)CCNS(=O)(=O)c2ccc3c(c2)OCCCO3)c1. The first-order valence-electron chi connectivity index (χ1n) is 9.11. The van der Waals surface area contributed by atoms with Gasteiger partial charge in [0.05, 0.1) is 18.1 Å². The zero-order valence-electron chi connectivity index (χ0n) is 15.9. The third-order valence-electron chi connectivity index (χ3n) is 4.34. The molecule has 7 nitrogen and oxygen atoms in total. The molecule has 0 saturated heterocycles. The molecular formula is C20H24N2O5S. The molecule has 1 aliphatic rings. The molecular weight excluding hydrogens is 380 g/mol. The topological polar surface area (TPSA) is 93.7 Å². The average molecular weight is 404 g/mol. The molecule has 1 heterocycles. The zero-order chi connectivity index (χ0) is 20.1. The van der Waals surface area contributed by atoms with Crippen LogP contribution in [0.3, 0.4) is 0 Å². The Morgan fingerprint density at radius 3 is 2.57 bits per heavy atom. The van der Waals surface area contributed by atoms with Crippen molar-refractivity contribution in [1.29, 1.82) is 0 Å².